The highest BCUT2D eigenvalue weighted by Crippen LogP contribution is 2.17. The summed E-state index contributed by atoms with van der Waals surface area (Å²) in [7, 11) is 0. The number of benzene rings is 1. The largest absolute Gasteiger partial charge is 0.349 e. The summed E-state index contributed by atoms with van der Waals surface area (Å²) < 4.78 is 0. The Bertz CT molecular complexity index is 416. The molecule has 0 saturated carbocycles. The van der Waals surface area contributed by atoms with Gasteiger partial charge in [0.2, 0.25) is 0 Å². The van der Waals surface area contributed by atoms with Crippen molar-refractivity contribution in [2.24, 2.45) is 11.8 Å². The van der Waals surface area contributed by atoms with Gasteiger partial charge in [0, 0.05) is 6.04 Å². The number of anilines is 1. The summed E-state index contributed by atoms with van der Waals surface area (Å²) in [5.74, 6) is 5.79. The molecule has 1 atom stereocenters. The van der Waals surface area contributed by atoms with Gasteiger partial charge in [-0.05, 0) is 37.0 Å². The first kappa shape index (κ1) is 14.5. The van der Waals surface area contributed by atoms with E-state index < -0.39 is 0 Å². The van der Waals surface area contributed by atoms with Crippen molar-refractivity contribution in [3.05, 3.63) is 29.3 Å². The Balaban J connectivity index is 2.90. The molecule has 0 spiro atoms. The topological polar surface area (TPSA) is 67.2 Å². The van der Waals surface area contributed by atoms with Gasteiger partial charge < -0.3 is 10.7 Å². The molecular formula is C14H23N3O. The van der Waals surface area contributed by atoms with Gasteiger partial charge in [-0.15, -0.1) is 0 Å². The third kappa shape index (κ3) is 3.47. The van der Waals surface area contributed by atoms with E-state index in [-0.39, 0.29) is 11.9 Å². The van der Waals surface area contributed by atoms with Crippen LogP contribution in [0.2, 0.25) is 0 Å². The van der Waals surface area contributed by atoms with E-state index in [1.807, 2.05) is 19.1 Å². The second-order valence-corrected chi connectivity index (χ2v) is 4.93. The molecule has 4 heteroatoms. The van der Waals surface area contributed by atoms with E-state index in [9.17, 15) is 4.79 Å². The van der Waals surface area contributed by atoms with Crippen LogP contribution in [0.25, 0.3) is 0 Å². The van der Waals surface area contributed by atoms with Gasteiger partial charge in [0.1, 0.15) is 0 Å². The molecule has 1 amide bonds. The molecule has 1 unspecified atom stereocenters. The normalized spacial score (nSPS) is 12.3. The fourth-order valence-electron chi connectivity index (χ4n) is 1.96. The van der Waals surface area contributed by atoms with Crippen molar-refractivity contribution in [2.75, 3.05) is 5.43 Å². The molecule has 100 valence electrons. The van der Waals surface area contributed by atoms with E-state index in [1.54, 1.807) is 6.07 Å². The number of amides is 1. The molecule has 0 heterocycles. The number of aryl methyl sites for hydroxylation is 1. The Labute approximate surface area is 109 Å². The number of hydrogen-bond donors (Lipinski definition) is 3. The van der Waals surface area contributed by atoms with Gasteiger partial charge in [-0.3, -0.25) is 10.6 Å². The molecule has 0 aromatic heterocycles. The van der Waals surface area contributed by atoms with Crippen LogP contribution in [-0.4, -0.2) is 11.9 Å². The van der Waals surface area contributed by atoms with E-state index in [0.717, 1.165) is 12.0 Å². The Morgan fingerprint density at radius 3 is 2.56 bits per heavy atom. The van der Waals surface area contributed by atoms with Gasteiger partial charge in [-0.2, -0.15) is 0 Å². The zero-order chi connectivity index (χ0) is 13.7. The highest BCUT2D eigenvalue weighted by atomic mass is 16.1. The zero-order valence-corrected chi connectivity index (χ0v) is 11.6. The molecule has 1 aromatic rings. The van der Waals surface area contributed by atoms with Crippen LogP contribution in [0.15, 0.2) is 18.2 Å². The molecule has 0 saturated heterocycles. The third-order valence-corrected chi connectivity index (χ3v) is 3.14. The Hall–Kier alpha value is -1.55. The minimum atomic E-state index is -0.0801. The summed E-state index contributed by atoms with van der Waals surface area (Å²) >= 11 is 0. The second kappa shape index (κ2) is 6.40. The van der Waals surface area contributed by atoms with Crippen molar-refractivity contribution in [1.29, 1.82) is 0 Å². The lowest BCUT2D eigenvalue weighted by Crippen LogP contribution is -2.38. The molecule has 0 aliphatic heterocycles. The maximum absolute atomic E-state index is 12.2. The number of hydrazine groups is 1. The number of nitrogens with one attached hydrogen (secondary N) is 2. The third-order valence-electron chi connectivity index (χ3n) is 3.14. The van der Waals surface area contributed by atoms with Gasteiger partial charge in [0.25, 0.3) is 5.91 Å². The van der Waals surface area contributed by atoms with Crippen LogP contribution in [0.4, 0.5) is 5.69 Å². The number of hydrogen-bond acceptors (Lipinski definition) is 3. The van der Waals surface area contributed by atoms with Crippen molar-refractivity contribution >= 4 is 11.6 Å². The van der Waals surface area contributed by atoms with E-state index in [0.29, 0.717) is 17.2 Å². The van der Waals surface area contributed by atoms with Crippen molar-refractivity contribution in [2.45, 2.75) is 40.2 Å². The summed E-state index contributed by atoms with van der Waals surface area (Å²) in [6.45, 7) is 8.24. The maximum Gasteiger partial charge on any atom is 0.253 e. The fourth-order valence-corrected chi connectivity index (χ4v) is 1.96. The minimum Gasteiger partial charge on any atom is -0.349 e. The van der Waals surface area contributed by atoms with Crippen molar-refractivity contribution in [3.63, 3.8) is 0 Å². The van der Waals surface area contributed by atoms with Crippen LogP contribution < -0.4 is 16.6 Å². The first-order valence-corrected chi connectivity index (χ1v) is 6.37. The van der Waals surface area contributed by atoms with Crippen LogP contribution in [0.1, 0.15) is 43.1 Å². The smallest absolute Gasteiger partial charge is 0.253 e. The number of carbonyl (C=O) groups excluding carboxylic acids is 1. The monoisotopic (exact) mass is 249 g/mol. The first-order valence-electron chi connectivity index (χ1n) is 6.37. The molecule has 4 nitrogen and oxygen atoms in total. The van der Waals surface area contributed by atoms with E-state index >= 15 is 0 Å². The summed E-state index contributed by atoms with van der Waals surface area (Å²) in [6.07, 6.45) is 0.917. The average Bonchev–Trinajstić information content (AvgIpc) is 2.34. The number of nitrogen functional groups attached to an aromatic ring is 1. The molecular weight excluding hydrogens is 226 g/mol. The molecule has 1 rings (SSSR count). The molecule has 1 aromatic carbocycles. The summed E-state index contributed by atoms with van der Waals surface area (Å²) in [5.41, 5.74) is 4.89. The number of rotatable bonds is 5. The average molecular weight is 249 g/mol. The second-order valence-electron chi connectivity index (χ2n) is 4.93. The standard InChI is InChI=1S/C14H23N3O/c1-5-12(9(2)3)16-14(18)11-7-6-10(4)8-13(11)17-15/h6-9,12,17H,5,15H2,1-4H3,(H,16,18). The maximum atomic E-state index is 12.2. The Morgan fingerprint density at radius 2 is 2.06 bits per heavy atom. The van der Waals surface area contributed by atoms with Gasteiger partial charge in [-0.1, -0.05) is 26.8 Å². The van der Waals surface area contributed by atoms with E-state index in [4.69, 9.17) is 5.84 Å². The van der Waals surface area contributed by atoms with E-state index in [2.05, 4.69) is 31.5 Å². The highest BCUT2D eigenvalue weighted by Gasteiger charge is 2.17. The molecule has 4 N–H and O–H groups in total. The molecule has 0 aliphatic rings. The molecule has 18 heavy (non-hydrogen) atoms. The summed E-state index contributed by atoms with van der Waals surface area (Å²) in [4.78, 5) is 12.2. The first-order chi connectivity index (χ1) is 8.49. The molecule has 0 aliphatic carbocycles. The van der Waals surface area contributed by atoms with Crippen molar-refractivity contribution in [3.8, 4) is 0 Å². The minimum absolute atomic E-state index is 0.0801. The number of nitrogens with two attached hydrogens (primary N) is 1. The molecule has 0 bridgehead atoms. The molecule has 0 fully saturated rings. The van der Waals surface area contributed by atoms with Crippen LogP contribution >= 0.6 is 0 Å². The quantitative estimate of drug-likeness (QED) is 0.554. The lowest BCUT2D eigenvalue weighted by molar-refractivity contribution is 0.0925. The van der Waals surface area contributed by atoms with Crippen LogP contribution in [0.5, 0.6) is 0 Å². The Kier molecular flexibility index (Phi) is 5.16. The number of carbonyl (C=O) groups is 1. The van der Waals surface area contributed by atoms with Gasteiger partial charge in [0.05, 0.1) is 11.3 Å². The fraction of sp³-hybridized carbons (Fsp3) is 0.500. The van der Waals surface area contributed by atoms with Crippen molar-refractivity contribution in [1.82, 2.24) is 5.32 Å². The van der Waals surface area contributed by atoms with Gasteiger partial charge in [-0.25, -0.2) is 0 Å². The van der Waals surface area contributed by atoms with Crippen LogP contribution in [0.3, 0.4) is 0 Å². The van der Waals surface area contributed by atoms with Crippen LogP contribution in [-0.2, 0) is 0 Å². The Morgan fingerprint density at radius 1 is 1.39 bits per heavy atom. The lowest BCUT2D eigenvalue weighted by Gasteiger charge is -2.21. The predicted octanol–water partition coefficient (Wildman–Crippen LogP) is 2.45. The zero-order valence-electron chi connectivity index (χ0n) is 11.6. The van der Waals surface area contributed by atoms with Gasteiger partial charge >= 0.3 is 0 Å². The predicted molar refractivity (Wildman–Crippen MR) is 75.4 cm³/mol. The molecule has 0 radical (unpaired) electrons. The SMILES string of the molecule is CCC(NC(=O)c1ccc(C)cc1NN)C(C)C. The van der Waals surface area contributed by atoms with Crippen molar-refractivity contribution < 1.29 is 4.79 Å². The highest BCUT2D eigenvalue weighted by molar-refractivity contribution is 5.99. The van der Waals surface area contributed by atoms with Crippen LogP contribution in [0, 0.1) is 12.8 Å². The lowest BCUT2D eigenvalue weighted by atomic mass is 10.0. The summed E-state index contributed by atoms with van der Waals surface area (Å²) in [5, 5.41) is 3.04. The van der Waals surface area contributed by atoms with E-state index in [1.165, 1.54) is 0 Å². The summed E-state index contributed by atoms with van der Waals surface area (Å²) in [6, 6.07) is 5.76. The van der Waals surface area contributed by atoms with Gasteiger partial charge in [0.15, 0.2) is 0 Å².